The van der Waals surface area contributed by atoms with Gasteiger partial charge in [0, 0.05) is 0 Å². The SMILES string of the molecule is CCNCCCNCC1CC1c1ccccc1. The van der Waals surface area contributed by atoms with Crippen LogP contribution in [0.3, 0.4) is 0 Å². The lowest BCUT2D eigenvalue weighted by molar-refractivity contribution is 0.580. The third kappa shape index (κ3) is 4.14. The van der Waals surface area contributed by atoms with Crippen molar-refractivity contribution >= 4 is 0 Å². The van der Waals surface area contributed by atoms with Gasteiger partial charge in [0.25, 0.3) is 0 Å². The van der Waals surface area contributed by atoms with Crippen LogP contribution < -0.4 is 10.6 Å². The molecule has 2 rings (SSSR count). The molecule has 94 valence electrons. The lowest BCUT2D eigenvalue weighted by Crippen LogP contribution is -2.23. The number of hydrogen-bond donors (Lipinski definition) is 2. The second kappa shape index (κ2) is 6.77. The molecule has 2 heteroatoms. The van der Waals surface area contributed by atoms with Gasteiger partial charge in [0.15, 0.2) is 0 Å². The second-order valence-corrected chi connectivity index (χ2v) is 4.92. The summed E-state index contributed by atoms with van der Waals surface area (Å²) < 4.78 is 0. The Bertz CT molecular complexity index is 310. The van der Waals surface area contributed by atoms with E-state index in [9.17, 15) is 0 Å². The van der Waals surface area contributed by atoms with Crippen molar-refractivity contribution in [2.45, 2.75) is 25.7 Å². The molecule has 0 saturated heterocycles. The van der Waals surface area contributed by atoms with Crippen LogP contribution >= 0.6 is 0 Å². The Morgan fingerprint density at radius 3 is 2.65 bits per heavy atom. The van der Waals surface area contributed by atoms with Crippen LogP contribution in [-0.4, -0.2) is 26.2 Å². The van der Waals surface area contributed by atoms with Gasteiger partial charge in [-0.2, -0.15) is 0 Å². The topological polar surface area (TPSA) is 24.1 Å². The molecule has 1 aromatic carbocycles. The highest BCUT2D eigenvalue weighted by atomic mass is 14.9. The summed E-state index contributed by atoms with van der Waals surface area (Å²) in [5.74, 6) is 1.69. The van der Waals surface area contributed by atoms with E-state index in [1.807, 2.05) is 0 Å². The smallest absolute Gasteiger partial charge is 0.00144 e. The van der Waals surface area contributed by atoms with Crippen LogP contribution in [0.5, 0.6) is 0 Å². The van der Waals surface area contributed by atoms with E-state index in [4.69, 9.17) is 0 Å². The van der Waals surface area contributed by atoms with Crippen molar-refractivity contribution in [3.8, 4) is 0 Å². The summed E-state index contributed by atoms with van der Waals surface area (Å²) in [6.07, 6.45) is 2.60. The number of rotatable bonds is 8. The van der Waals surface area contributed by atoms with Crippen LogP contribution in [0, 0.1) is 5.92 Å². The van der Waals surface area contributed by atoms with E-state index < -0.39 is 0 Å². The molecule has 1 aliphatic rings. The Balaban J connectivity index is 1.55. The zero-order valence-electron chi connectivity index (χ0n) is 10.8. The van der Waals surface area contributed by atoms with E-state index >= 15 is 0 Å². The quantitative estimate of drug-likeness (QED) is 0.672. The largest absolute Gasteiger partial charge is 0.317 e. The molecule has 17 heavy (non-hydrogen) atoms. The molecule has 0 radical (unpaired) electrons. The van der Waals surface area contributed by atoms with E-state index in [0.717, 1.165) is 31.5 Å². The molecule has 0 amide bonds. The molecule has 1 saturated carbocycles. The maximum absolute atomic E-state index is 3.57. The molecule has 0 aromatic heterocycles. The fourth-order valence-electron chi connectivity index (χ4n) is 2.38. The summed E-state index contributed by atoms with van der Waals surface area (Å²) in [7, 11) is 0. The van der Waals surface area contributed by atoms with Crippen LogP contribution in [0.15, 0.2) is 30.3 Å². The van der Waals surface area contributed by atoms with Crippen LogP contribution in [0.4, 0.5) is 0 Å². The lowest BCUT2D eigenvalue weighted by atomic mass is 10.1. The highest BCUT2D eigenvalue weighted by Gasteiger charge is 2.37. The van der Waals surface area contributed by atoms with Gasteiger partial charge in [-0.25, -0.2) is 0 Å². The first-order chi connectivity index (χ1) is 8.42. The van der Waals surface area contributed by atoms with Crippen molar-refractivity contribution in [2.24, 2.45) is 5.92 Å². The van der Waals surface area contributed by atoms with E-state index in [1.54, 1.807) is 0 Å². The maximum Gasteiger partial charge on any atom is -0.00144 e. The van der Waals surface area contributed by atoms with E-state index in [0.29, 0.717) is 0 Å². The Morgan fingerprint density at radius 2 is 1.88 bits per heavy atom. The molecule has 2 N–H and O–H groups in total. The van der Waals surface area contributed by atoms with Crippen molar-refractivity contribution < 1.29 is 0 Å². The first-order valence-corrected chi connectivity index (χ1v) is 6.88. The average Bonchev–Trinajstić information content (AvgIpc) is 3.14. The Morgan fingerprint density at radius 1 is 1.12 bits per heavy atom. The first-order valence-electron chi connectivity index (χ1n) is 6.88. The first kappa shape index (κ1) is 12.6. The highest BCUT2D eigenvalue weighted by Crippen LogP contribution is 2.46. The Hall–Kier alpha value is -0.860. The molecule has 1 aliphatic carbocycles. The van der Waals surface area contributed by atoms with Crippen molar-refractivity contribution in [2.75, 3.05) is 26.2 Å². The number of nitrogens with one attached hydrogen (secondary N) is 2. The zero-order valence-corrected chi connectivity index (χ0v) is 10.8. The molecule has 2 unspecified atom stereocenters. The third-order valence-corrected chi connectivity index (χ3v) is 3.51. The minimum atomic E-state index is 0.817. The fraction of sp³-hybridized carbons (Fsp3) is 0.600. The maximum atomic E-state index is 3.57. The van der Waals surface area contributed by atoms with Gasteiger partial charge in [-0.05, 0) is 56.4 Å². The van der Waals surface area contributed by atoms with Crippen molar-refractivity contribution in [3.05, 3.63) is 35.9 Å². The van der Waals surface area contributed by atoms with E-state index in [2.05, 4.69) is 47.9 Å². The third-order valence-electron chi connectivity index (χ3n) is 3.51. The molecule has 0 heterocycles. The molecule has 2 atom stereocenters. The number of hydrogen-bond acceptors (Lipinski definition) is 2. The van der Waals surface area contributed by atoms with Crippen LogP contribution in [-0.2, 0) is 0 Å². The van der Waals surface area contributed by atoms with Gasteiger partial charge in [0.2, 0.25) is 0 Å². The summed E-state index contributed by atoms with van der Waals surface area (Å²) in [6.45, 7) is 6.70. The minimum absolute atomic E-state index is 0.817. The molecule has 0 bridgehead atoms. The summed E-state index contributed by atoms with van der Waals surface area (Å²) in [5, 5.41) is 6.91. The monoisotopic (exact) mass is 232 g/mol. The molecule has 0 spiro atoms. The predicted molar refractivity (Wildman–Crippen MR) is 73.3 cm³/mol. The van der Waals surface area contributed by atoms with Gasteiger partial charge >= 0.3 is 0 Å². The summed E-state index contributed by atoms with van der Waals surface area (Å²) >= 11 is 0. The molecule has 1 aromatic rings. The summed E-state index contributed by atoms with van der Waals surface area (Å²) in [4.78, 5) is 0. The highest BCUT2D eigenvalue weighted by molar-refractivity contribution is 5.25. The standard InChI is InChI=1S/C15H24N2/c1-2-16-9-6-10-17-12-14-11-15(14)13-7-4-3-5-8-13/h3-5,7-8,14-17H,2,6,9-12H2,1H3. The van der Waals surface area contributed by atoms with Crippen LogP contribution in [0.1, 0.15) is 31.2 Å². The van der Waals surface area contributed by atoms with Gasteiger partial charge in [0.05, 0.1) is 0 Å². The normalized spacial score (nSPS) is 22.6. The van der Waals surface area contributed by atoms with Crippen molar-refractivity contribution in [1.82, 2.24) is 10.6 Å². The molecular weight excluding hydrogens is 208 g/mol. The van der Waals surface area contributed by atoms with Gasteiger partial charge in [-0.15, -0.1) is 0 Å². The second-order valence-electron chi connectivity index (χ2n) is 4.92. The van der Waals surface area contributed by atoms with Crippen molar-refractivity contribution in [3.63, 3.8) is 0 Å². The van der Waals surface area contributed by atoms with Gasteiger partial charge < -0.3 is 10.6 Å². The summed E-state index contributed by atoms with van der Waals surface area (Å²) in [6, 6.07) is 10.9. The molecule has 2 nitrogen and oxygen atoms in total. The van der Waals surface area contributed by atoms with Gasteiger partial charge in [-0.3, -0.25) is 0 Å². The Kier molecular flexibility index (Phi) is 5.02. The summed E-state index contributed by atoms with van der Waals surface area (Å²) in [5.41, 5.74) is 1.52. The van der Waals surface area contributed by atoms with Gasteiger partial charge in [-0.1, -0.05) is 37.3 Å². The molecule has 1 fully saturated rings. The van der Waals surface area contributed by atoms with Crippen LogP contribution in [0.25, 0.3) is 0 Å². The minimum Gasteiger partial charge on any atom is -0.317 e. The Labute approximate surface area is 105 Å². The molecule has 0 aliphatic heterocycles. The predicted octanol–water partition coefficient (Wildman–Crippen LogP) is 2.38. The lowest BCUT2D eigenvalue weighted by Gasteiger charge is -2.05. The molecular formula is C15H24N2. The van der Waals surface area contributed by atoms with Crippen molar-refractivity contribution in [1.29, 1.82) is 0 Å². The number of benzene rings is 1. The van der Waals surface area contributed by atoms with Gasteiger partial charge in [0.1, 0.15) is 0 Å². The van der Waals surface area contributed by atoms with E-state index in [-0.39, 0.29) is 0 Å². The zero-order chi connectivity index (χ0) is 11.9. The average molecular weight is 232 g/mol. The fourth-order valence-corrected chi connectivity index (χ4v) is 2.38. The van der Waals surface area contributed by atoms with Crippen LogP contribution in [0.2, 0.25) is 0 Å². The van der Waals surface area contributed by atoms with E-state index in [1.165, 1.54) is 24.9 Å².